The van der Waals surface area contributed by atoms with E-state index in [1.54, 1.807) is 6.08 Å². The maximum Gasteiger partial charge on any atom is 3.00 e. The van der Waals surface area contributed by atoms with Gasteiger partial charge in [0.15, 0.2) is 0 Å². The Morgan fingerprint density at radius 1 is 1.44 bits per heavy atom. The summed E-state index contributed by atoms with van der Waals surface area (Å²) in [7, 11) is 0.750. The van der Waals surface area contributed by atoms with Gasteiger partial charge in [-0.2, -0.15) is 0 Å². The molecule has 0 heterocycles. The van der Waals surface area contributed by atoms with Crippen molar-refractivity contribution in [2.75, 3.05) is 0 Å². The SMILES string of the molecule is C=CC(=C)C.C[SiH]C.[Ti+3]. The molecule has 0 saturated heterocycles. The predicted molar refractivity (Wildman–Crippen MR) is 43.9 cm³/mol. The summed E-state index contributed by atoms with van der Waals surface area (Å²) in [5, 5.41) is 0. The summed E-state index contributed by atoms with van der Waals surface area (Å²) in [6.45, 7) is 13.3. The minimum absolute atomic E-state index is 0. The first kappa shape index (κ1) is 16.2. The van der Waals surface area contributed by atoms with Crippen LogP contribution in [-0.2, 0) is 21.7 Å². The fraction of sp³-hybridized carbons (Fsp3) is 0.429. The van der Waals surface area contributed by atoms with Crippen LogP contribution in [0, 0.1) is 0 Å². The van der Waals surface area contributed by atoms with Gasteiger partial charge in [0.25, 0.3) is 0 Å². The van der Waals surface area contributed by atoms with Gasteiger partial charge in [-0.05, 0) is 6.92 Å². The molecule has 0 aromatic carbocycles. The van der Waals surface area contributed by atoms with Crippen LogP contribution < -0.4 is 0 Å². The van der Waals surface area contributed by atoms with Crippen molar-refractivity contribution in [3.63, 3.8) is 0 Å². The maximum atomic E-state index is 3.56. The second-order valence-corrected chi connectivity index (χ2v) is 2.78. The van der Waals surface area contributed by atoms with Crippen molar-refractivity contribution in [3.8, 4) is 0 Å². The molecule has 9 heavy (non-hydrogen) atoms. The fourth-order valence-electron chi connectivity index (χ4n) is 0. The molecule has 48 valence electrons. The van der Waals surface area contributed by atoms with E-state index in [-0.39, 0.29) is 21.7 Å². The Hall–Kier alpha value is 0.411. The van der Waals surface area contributed by atoms with Crippen molar-refractivity contribution in [1.82, 2.24) is 0 Å². The summed E-state index contributed by atoms with van der Waals surface area (Å²) in [6.07, 6.45) is 1.72. The van der Waals surface area contributed by atoms with Crippen molar-refractivity contribution in [2.24, 2.45) is 0 Å². The second kappa shape index (κ2) is 15.8. The average Bonchev–Trinajstić information content (AvgIpc) is 1.69. The van der Waals surface area contributed by atoms with E-state index >= 15 is 0 Å². The van der Waals surface area contributed by atoms with E-state index in [0.29, 0.717) is 0 Å². The minimum atomic E-state index is 0. The van der Waals surface area contributed by atoms with Crippen LogP contribution in [-0.4, -0.2) is 9.52 Å². The molecule has 0 fully saturated rings. The molecule has 0 amide bonds. The Balaban J connectivity index is -0.0000000800. The van der Waals surface area contributed by atoms with Gasteiger partial charge < -0.3 is 0 Å². The first-order valence-corrected chi connectivity index (χ1v) is 5.01. The summed E-state index contributed by atoms with van der Waals surface area (Å²) in [6, 6.07) is 0. The van der Waals surface area contributed by atoms with E-state index in [1.165, 1.54) is 0 Å². The monoisotopic (exact) mass is 175 g/mol. The van der Waals surface area contributed by atoms with E-state index in [1.807, 2.05) is 6.92 Å². The molecule has 0 unspecified atom stereocenters. The van der Waals surface area contributed by atoms with Gasteiger partial charge >= 0.3 is 21.7 Å². The molecule has 0 saturated carbocycles. The van der Waals surface area contributed by atoms with Gasteiger partial charge in [-0.15, -0.1) is 0 Å². The topological polar surface area (TPSA) is 0 Å². The van der Waals surface area contributed by atoms with Crippen molar-refractivity contribution in [1.29, 1.82) is 0 Å². The number of hydrogen-bond acceptors (Lipinski definition) is 0. The van der Waals surface area contributed by atoms with E-state index < -0.39 is 0 Å². The van der Waals surface area contributed by atoms with Crippen molar-refractivity contribution in [3.05, 3.63) is 24.8 Å². The predicted octanol–water partition coefficient (Wildman–Crippen LogP) is 2.27. The third kappa shape index (κ3) is 59.5. The standard InChI is InChI=1S/C5H8.C2H7Si.Ti/c1-4-5(2)3;1-3-2;/h4H,1-2H2,3H3;3H,1-2H3;/q;;+3. The zero-order valence-corrected chi connectivity index (χ0v) is 9.29. The van der Waals surface area contributed by atoms with E-state index in [2.05, 4.69) is 26.3 Å². The smallest absolute Gasteiger partial charge is 0.0988 e. The molecule has 0 bridgehead atoms. The summed E-state index contributed by atoms with van der Waals surface area (Å²) >= 11 is 0. The Morgan fingerprint density at radius 2 is 1.56 bits per heavy atom. The van der Waals surface area contributed by atoms with E-state index in [9.17, 15) is 0 Å². The van der Waals surface area contributed by atoms with E-state index in [4.69, 9.17) is 0 Å². The Morgan fingerprint density at radius 3 is 1.56 bits per heavy atom. The molecule has 2 radical (unpaired) electrons. The number of hydrogen-bond donors (Lipinski definition) is 0. The van der Waals surface area contributed by atoms with Gasteiger partial charge in [0.2, 0.25) is 0 Å². The zero-order valence-electron chi connectivity index (χ0n) is 6.57. The van der Waals surface area contributed by atoms with Crippen LogP contribution in [0.3, 0.4) is 0 Å². The molecule has 0 aromatic heterocycles. The molecule has 0 aliphatic rings. The van der Waals surface area contributed by atoms with Crippen LogP contribution in [0.5, 0.6) is 0 Å². The van der Waals surface area contributed by atoms with Crippen molar-refractivity contribution < 1.29 is 21.7 Å². The molecule has 0 N–H and O–H groups in total. The third-order valence-electron chi connectivity index (χ3n) is 0.348. The van der Waals surface area contributed by atoms with Gasteiger partial charge in [0.1, 0.15) is 0 Å². The molecular weight excluding hydrogens is 160 g/mol. The summed E-state index contributed by atoms with van der Waals surface area (Å²) < 4.78 is 0. The Labute approximate surface area is 76.1 Å². The van der Waals surface area contributed by atoms with Gasteiger partial charge in [-0.1, -0.05) is 37.9 Å². The molecule has 0 nitrogen and oxygen atoms in total. The van der Waals surface area contributed by atoms with Crippen LogP contribution in [0.4, 0.5) is 0 Å². The molecule has 0 rings (SSSR count). The first-order valence-electron chi connectivity index (χ1n) is 2.71. The maximum absolute atomic E-state index is 3.56. The zero-order chi connectivity index (χ0) is 6.99. The van der Waals surface area contributed by atoms with Gasteiger partial charge in [0.05, 0.1) is 0 Å². The normalized spacial score (nSPS) is 5.67. The van der Waals surface area contributed by atoms with Gasteiger partial charge in [-0.3, -0.25) is 0 Å². The third-order valence-corrected chi connectivity index (χ3v) is 0.348. The molecule has 0 aromatic rings. The van der Waals surface area contributed by atoms with Crippen molar-refractivity contribution >= 4 is 9.52 Å². The van der Waals surface area contributed by atoms with Crippen LogP contribution in [0.15, 0.2) is 24.8 Å². The molecule has 0 atom stereocenters. The molecule has 0 spiro atoms. The molecular formula is C7H15SiTi+3. The fourth-order valence-corrected chi connectivity index (χ4v) is 0. The molecule has 0 aliphatic heterocycles. The van der Waals surface area contributed by atoms with Crippen LogP contribution in [0.25, 0.3) is 0 Å². The van der Waals surface area contributed by atoms with Gasteiger partial charge in [0, 0.05) is 9.52 Å². The number of rotatable bonds is 1. The van der Waals surface area contributed by atoms with Gasteiger partial charge in [-0.25, -0.2) is 0 Å². The van der Waals surface area contributed by atoms with Crippen LogP contribution >= 0.6 is 0 Å². The van der Waals surface area contributed by atoms with Crippen LogP contribution in [0.2, 0.25) is 13.1 Å². The minimum Gasteiger partial charge on any atom is -0.0988 e. The Bertz CT molecular complexity index is 69.3. The largest absolute Gasteiger partial charge is 3.00 e. The van der Waals surface area contributed by atoms with Crippen LogP contribution in [0.1, 0.15) is 6.92 Å². The average molecular weight is 175 g/mol. The number of allylic oxidation sites excluding steroid dienone is 2. The van der Waals surface area contributed by atoms with Crippen molar-refractivity contribution in [2.45, 2.75) is 20.0 Å². The summed E-state index contributed by atoms with van der Waals surface area (Å²) in [5.41, 5.74) is 1.02. The Kier molecular flexibility index (Phi) is 28.4. The molecule has 0 aliphatic carbocycles. The first-order chi connectivity index (χ1) is 3.68. The molecule has 2 heteroatoms. The summed E-state index contributed by atoms with van der Waals surface area (Å²) in [4.78, 5) is 0. The van der Waals surface area contributed by atoms with E-state index in [0.717, 1.165) is 15.1 Å². The second-order valence-electron chi connectivity index (χ2n) is 1.63. The quantitative estimate of drug-likeness (QED) is 0.423. The summed E-state index contributed by atoms with van der Waals surface area (Å²) in [5.74, 6) is 0.